The number of aromatic nitrogens is 1. The van der Waals surface area contributed by atoms with Gasteiger partial charge in [0.05, 0.1) is 25.3 Å². The van der Waals surface area contributed by atoms with E-state index in [1.54, 1.807) is 18.2 Å². The largest absolute Gasteiger partial charge is 0.401 e. The Bertz CT molecular complexity index is 736. The normalized spacial score (nSPS) is 19.4. The number of nitrogens with one attached hydrogen (secondary N) is 1. The smallest absolute Gasteiger partial charge is 0.378 e. The lowest BCUT2D eigenvalue weighted by Gasteiger charge is -2.34. The van der Waals surface area contributed by atoms with Gasteiger partial charge in [-0.2, -0.15) is 13.2 Å². The number of anilines is 1. The van der Waals surface area contributed by atoms with Gasteiger partial charge in [-0.25, -0.2) is 4.98 Å². The molecule has 1 aliphatic heterocycles. The second kappa shape index (κ2) is 6.74. The molecule has 1 atom stereocenters. The molecule has 1 N–H and O–H groups in total. The number of para-hydroxylation sites is 1. The molecule has 128 valence electrons. The fourth-order valence-corrected chi connectivity index (χ4v) is 2.64. The van der Waals surface area contributed by atoms with E-state index in [0.717, 1.165) is 10.3 Å². The van der Waals surface area contributed by atoms with Crippen LogP contribution in [0.4, 0.5) is 19.0 Å². The van der Waals surface area contributed by atoms with Crippen LogP contribution in [0.25, 0.3) is 10.9 Å². The van der Waals surface area contributed by atoms with Crippen LogP contribution in [0.2, 0.25) is 0 Å². The minimum Gasteiger partial charge on any atom is -0.378 e. The highest BCUT2D eigenvalue weighted by molar-refractivity contribution is 5.95. The molecule has 5 nitrogen and oxygen atoms in total. The second-order valence-electron chi connectivity index (χ2n) is 5.55. The summed E-state index contributed by atoms with van der Waals surface area (Å²) in [7, 11) is 0. The fraction of sp³-hybridized carbons (Fsp3) is 0.375. The summed E-state index contributed by atoms with van der Waals surface area (Å²) in [6.07, 6.45) is -4.36. The fourth-order valence-electron chi connectivity index (χ4n) is 2.64. The van der Waals surface area contributed by atoms with Crippen molar-refractivity contribution in [2.45, 2.75) is 12.2 Å². The summed E-state index contributed by atoms with van der Waals surface area (Å²) in [5, 5.41) is 3.49. The van der Waals surface area contributed by atoms with Crippen LogP contribution in [0.5, 0.6) is 0 Å². The Kier molecular flexibility index (Phi) is 4.68. The molecule has 1 aromatic carbocycles. The summed E-state index contributed by atoms with van der Waals surface area (Å²) >= 11 is 0. The summed E-state index contributed by atoms with van der Waals surface area (Å²) in [6.45, 7) is -0.980. The number of hydrogen-bond acceptors (Lipinski definition) is 4. The van der Waals surface area contributed by atoms with Crippen molar-refractivity contribution in [1.29, 1.82) is 0 Å². The van der Waals surface area contributed by atoms with E-state index in [-0.39, 0.29) is 19.8 Å². The van der Waals surface area contributed by atoms with E-state index in [1.807, 2.05) is 18.2 Å². The van der Waals surface area contributed by atoms with Crippen molar-refractivity contribution in [2.24, 2.45) is 0 Å². The number of pyridine rings is 1. The molecule has 0 aliphatic carbocycles. The van der Waals surface area contributed by atoms with Gasteiger partial charge in [0.1, 0.15) is 11.9 Å². The maximum absolute atomic E-state index is 12.7. The molecule has 24 heavy (non-hydrogen) atoms. The number of halogens is 3. The molecule has 3 rings (SSSR count). The van der Waals surface area contributed by atoms with Crippen LogP contribution in [0.1, 0.15) is 0 Å². The van der Waals surface area contributed by atoms with E-state index >= 15 is 0 Å². The standard InChI is InChI=1S/C16H16F3N3O2/c17-16(18,19)10-22-7-8-24-9-13(22)15(23)21-14-6-5-11-3-1-2-4-12(11)20-14/h1-6,13H,7-10H2,(H,20,21,23). The van der Waals surface area contributed by atoms with Gasteiger partial charge in [0.25, 0.3) is 0 Å². The third-order valence-corrected chi connectivity index (χ3v) is 3.77. The summed E-state index contributed by atoms with van der Waals surface area (Å²) in [5.74, 6) is -0.252. The Morgan fingerprint density at radius 1 is 1.29 bits per heavy atom. The molecule has 1 saturated heterocycles. The van der Waals surface area contributed by atoms with E-state index in [9.17, 15) is 18.0 Å². The van der Waals surface area contributed by atoms with Crippen molar-refractivity contribution in [2.75, 3.05) is 31.6 Å². The lowest BCUT2D eigenvalue weighted by molar-refractivity contribution is -0.165. The summed E-state index contributed by atoms with van der Waals surface area (Å²) in [5.41, 5.74) is 0.697. The topological polar surface area (TPSA) is 54.5 Å². The van der Waals surface area contributed by atoms with Crippen molar-refractivity contribution in [3.05, 3.63) is 36.4 Å². The maximum atomic E-state index is 12.7. The number of fused-ring (bicyclic) bond motifs is 1. The minimum absolute atomic E-state index is 0.0583. The Labute approximate surface area is 136 Å². The number of morpholine rings is 1. The molecule has 0 saturated carbocycles. The molecular weight excluding hydrogens is 323 g/mol. The number of alkyl halides is 3. The van der Waals surface area contributed by atoms with Crippen LogP contribution in [0, 0.1) is 0 Å². The molecule has 0 spiro atoms. The Morgan fingerprint density at radius 3 is 2.88 bits per heavy atom. The predicted octanol–water partition coefficient (Wildman–Crippen LogP) is 2.44. The highest BCUT2D eigenvalue weighted by atomic mass is 19.4. The molecule has 1 amide bonds. The molecule has 0 radical (unpaired) electrons. The van der Waals surface area contributed by atoms with Crippen LogP contribution in [0.15, 0.2) is 36.4 Å². The monoisotopic (exact) mass is 339 g/mol. The Morgan fingerprint density at radius 2 is 2.08 bits per heavy atom. The lowest BCUT2D eigenvalue weighted by atomic mass is 10.2. The zero-order chi connectivity index (χ0) is 17.2. The molecule has 2 heterocycles. The molecule has 2 aromatic rings. The average Bonchev–Trinajstić information content (AvgIpc) is 2.53. The Hall–Kier alpha value is -2.19. The van der Waals surface area contributed by atoms with Crippen LogP contribution in [-0.4, -0.2) is 54.3 Å². The highest BCUT2D eigenvalue weighted by Crippen LogP contribution is 2.21. The van der Waals surface area contributed by atoms with Gasteiger partial charge in [0.15, 0.2) is 0 Å². The first kappa shape index (κ1) is 16.7. The number of amides is 1. The van der Waals surface area contributed by atoms with Gasteiger partial charge in [-0.3, -0.25) is 9.69 Å². The SMILES string of the molecule is O=C(Nc1ccc2ccccc2n1)C1COCCN1CC(F)(F)F. The summed E-state index contributed by atoms with van der Waals surface area (Å²) < 4.78 is 43.1. The van der Waals surface area contributed by atoms with Gasteiger partial charge in [-0.15, -0.1) is 0 Å². The number of hydrogen-bond donors (Lipinski definition) is 1. The first-order valence-electron chi connectivity index (χ1n) is 7.47. The van der Waals surface area contributed by atoms with Crippen molar-refractivity contribution in [3.8, 4) is 0 Å². The lowest BCUT2D eigenvalue weighted by Crippen LogP contribution is -2.54. The third-order valence-electron chi connectivity index (χ3n) is 3.77. The van der Waals surface area contributed by atoms with E-state index in [2.05, 4.69) is 10.3 Å². The van der Waals surface area contributed by atoms with Crippen LogP contribution in [0.3, 0.4) is 0 Å². The predicted molar refractivity (Wildman–Crippen MR) is 82.6 cm³/mol. The molecule has 1 unspecified atom stereocenters. The van der Waals surface area contributed by atoms with E-state index in [1.165, 1.54) is 0 Å². The number of nitrogens with zero attached hydrogens (tertiary/aromatic N) is 2. The highest BCUT2D eigenvalue weighted by Gasteiger charge is 2.38. The maximum Gasteiger partial charge on any atom is 0.401 e. The first-order chi connectivity index (χ1) is 11.4. The number of carbonyl (C=O) groups is 1. The van der Waals surface area contributed by atoms with Crippen LogP contribution < -0.4 is 5.32 Å². The summed E-state index contributed by atoms with van der Waals surface area (Å²) in [6, 6.07) is 9.80. The van der Waals surface area contributed by atoms with Crippen molar-refractivity contribution in [3.63, 3.8) is 0 Å². The van der Waals surface area contributed by atoms with E-state index < -0.39 is 24.7 Å². The zero-order valence-corrected chi connectivity index (χ0v) is 12.7. The summed E-state index contributed by atoms with van der Waals surface area (Å²) in [4.78, 5) is 17.7. The Balaban J connectivity index is 1.73. The zero-order valence-electron chi connectivity index (χ0n) is 12.7. The van der Waals surface area contributed by atoms with Crippen molar-refractivity contribution in [1.82, 2.24) is 9.88 Å². The molecule has 1 aliphatic rings. The third kappa shape index (κ3) is 4.01. The molecule has 1 aromatic heterocycles. The van der Waals surface area contributed by atoms with Crippen molar-refractivity contribution < 1.29 is 22.7 Å². The molecule has 8 heteroatoms. The van der Waals surface area contributed by atoms with Crippen LogP contribution >= 0.6 is 0 Å². The van der Waals surface area contributed by atoms with E-state index in [0.29, 0.717) is 11.3 Å². The average molecular weight is 339 g/mol. The van der Waals surface area contributed by atoms with Gasteiger partial charge < -0.3 is 10.1 Å². The van der Waals surface area contributed by atoms with Gasteiger partial charge in [0.2, 0.25) is 5.91 Å². The quantitative estimate of drug-likeness (QED) is 0.933. The first-order valence-corrected chi connectivity index (χ1v) is 7.47. The van der Waals surface area contributed by atoms with Gasteiger partial charge in [0, 0.05) is 11.9 Å². The van der Waals surface area contributed by atoms with Crippen molar-refractivity contribution >= 4 is 22.6 Å². The number of carbonyl (C=O) groups excluding carboxylic acids is 1. The van der Waals surface area contributed by atoms with E-state index in [4.69, 9.17) is 4.74 Å². The van der Waals surface area contributed by atoms with Gasteiger partial charge in [-0.1, -0.05) is 18.2 Å². The number of ether oxygens (including phenoxy) is 1. The van der Waals surface area contributed by atoms with Gasteiger partial charge in [-0.05, 0) is 18.2 Å². The molecule has 1 fully saturated rings. The van der Waals surface area contributed by atoms with Crippen LogP contribution in [-0.2, 0) is 9.53 Å². The second-order valence-corrected chi connectivity index (χ2v) is 5.55. The van der Waals surface area contributed by atoms with Gasteiger partial charge >= 0.3 is 6.18 Å². The molecule has 0 bridgehead atoms. The number of rotatable bonds is 3. The molecular formula is C16H16F3N3O2. The number of benzene rings is 1. The minimum atomic E-state index is -4.36.